The van der Waals surface area contributed by atoms with Gasteiger partial charge in [0.1, 0.15) is 0 Å². The first kappa shape index (κ1) is 13.8. The van der Waals surface area contributed by atoms with Crippen molar-refractivity contribution < 1.29 is 0 Å². The van der Waals surface area contributed by atoms with E-state index in [0.717, 1.165) is 0 Å². The zero-order chi connectivity index (χ0) is 14.7. The summed E-state index contributed by atoms with van der Waals surface area (Å²) < 4.78 is 0. The highest BCUT2D eigenvalue weighted by atomic mass is 14.9. The van der Waals surface area contributed by atoms with Gasteiger partial charge in [0.2, 0.25) is 0 Å². The van der Waals surface area contributed by atoms with Crippen molar-refractivity contribution in [3.8, 4) is 0 Å². The van der Waals surface area contributed by atoms with Crippen LogP contribution < -0.4 is 5.32 Å². The Morgan fingerprint density at radius 1 is 0.857 bits per heavy atom. The zero-order valence-electron chi connectivity index (χ0n) is 12.5. The molecule has 3 aromatic rings. The lowest BCUT2D eigenvalue weighted by molar-refractivity contribution is 0.496. The van der Waals surface area contributed by atoms with E-state index >= 15 is 0 Å². The van der Waals surface area contributed by atoms with Crippen LogP contribution in [-0.2, 0) is 0 Å². The molecule has 0 aliphatic heterocycles. The molecular weight excluding hydrogens is 256 g/mol. The number of hydrogen-bond acceptors (Lipinski definition) is 2. The first-order valence-corrected chi connectivity index (χ1v) is 7.39. The van der Waals surface area contributed by atoms with Gasteiger partial charge in [-0.05, 0) is 41.8 Å². The van der Waals surface area contributed by atoms with Crippen LogP contribution in [0.2, 0.25) is 0 Å². The Hall–Kier alpha value is -2.19. The molecule has 2 nitrogen and oxygen atoms in total. The number of pyridine rings is 1. The molecule has 106 valence electrons. The van der Waals surface area contributed by atoms with E-state index in [-0.39, 0.29) is 12.1 Å². The van der Waals surface area contributed by atoms with Gasteiger partial charge < -0.3 is 5.32 Å². The maximum Gasteiger partial charge on any atom is 0.0315 e. The third-order valence-electron chi connectivity index (χ3n) is 3.97. The van der Waals surface area contributed by atoms with Gasteiger partial charge in [0.15, 0.2) is 0 Å². The van der Waals surface area contributed by atoms with E-state index in [0.29, 0.717) is 0 Å². The molecule has 0 amide bonds. The predicted molar refractivity (Wildman–Crippen MR) is 88.2 cm³/mol. The van der Waals surface area contributed by atoms with E-state index in [1.807, 2.05) is 18.5 Å². The highest BCUT2D eigenvalue weighted by Crippen LogP contribution is 2.26. The molecule has 0 aliphatic carbocycles. The Bertz CT molecular complexity index is 716. The van der Waals surface area contributed by atoms with Gasteiger partial charge in [-0.2, -0.15) is 0 Å². The smallest absolute Gasteiger partial charge is 0.0315 e. The number of nitrogens with zero attached hydrogens (tertiary/aromatic N) is 1. The summed E-state index contributed by atoms with van der Waals surface area (Å²) in [5, 5.41) is 6.27. The fraction of sp³-hybridized carbons (Fsp3) is 0.211. The minimum Gasteiger partial charge on any atom is -0.304 e. The molecule has 2 heteroatoms. The monoisotopic (exact) mass is 276 g/mol. The van der Waals surface area contributed by atoms with Crippen LogP contribution in [0.15, 0.2) is 67.0 Å². The van der Waals surface area contributed by atoms with Crippen molar-refractivity contribution in [2.24, 2.45) is 0 Å². The van der Waals surface area contributed by atoms with Gasteiger partial charge in [-0.1, -0.05) is 48.5 Å². The van der Waals surface area contributed by atoms with Crippen LogP contribution >= 0.6 is 0 Å². The third-order valence-corrected chi connectivity index (χ3v) is 3.97. The summed E-state index contributed by atoms with van der Waals surface area (Å²) in [6.45, 7) is 4.40. The first-order valence-electron chi connectivity index (χ1n) is 7.39. The molecule has 0 unspecified atom stereocenters. The van der Waals surface area contributed by atoms with Crippen molar-refractivity contribution in [1.82, 2.24) is 10.3 Å². The molecule has 2 atom stereocenters. The van der Waals surface area contributed by atoms with Gasteiger partial charge in [-0.15, -0.1) is 0 Å². The zero-order valence-corrected chi connectivity index (χ0v) is 12.5. The molecule has 0 aliphatic rings. The van der Waals surface area contributed by atoms with Gasteiger partial charge in [-0.25, -0.2) is 0 Å². The molecule has 3 rings (SSSR count). The van der Waals surface area contributed by atoms with E-state index in [1.165, 1.54) is 21.9 Å². The molecular formula is C19H20N2. The van der Waals surface area contributed by atoms with Gasteiger partial charge in [0.05, 0.1) is 0 Å². The van der Waals surface area contributed by atoms with Crippen LogP contribution in [0.5, 0.6) is 0 Å². The summed E-state index contributed by atoms with van der Waals surface area (Å²) in [7, 11) is 0. The van der Waals surface area contributed by atoms with Crippen molar-refractivity contribution in [2.45, 2.75) is 25.9 Å². The summed E-state index contributed by atoms with van der Waals surface area (Å²) in [5.41, 5.74) is 2.55. The Kier molecular flexibility index (Phi) is 3.98. The van der Waals surface area contributed by atoms with E-state index in [1.54, 1.807) is 0 Å². The minimum atomic E-state index is 0.271. The number of benzene rings is 2. The lowest BCUT2D eigenvalue weighted by atomic mass is 9.98. The van der Waals surface area contributed by atoms with E-state index < -0.39 is 0 Å². The number of nitrogens with one attached hydrogen (secondary N) is 1. The van der Waals surface area contributed by atoms with Crippen LogP contribution in [0.3, 0.4) is 0 Å². The first-order chi connectivity index (χ1) is 10.3. The standard InChI is InChI=1S/C19H20N2/c1-14(17-9-6-12-20-13-17)21-15(2)18-11-5-8-16-7-3-4-10-19(16)18/h3-15,21H,1-2H3/t14-,15+/m0/s1. The molecule has 0 spiro atoms. The van der Waals surface area contributed by atoms with E-state index in [9.17, 15) is 0 Å². The van der Waals surface area contributed by atoms with Gasteiger partial charge >= 0.3 is 0 Å². The largest absolute Gasteiger partial charge is 0.304 e. The third kappa shape index (κ3) is 2.96. The molecule has 1 heterocycles. The molecule has 0 fully saturated rings. The highest BCUT2D eigenvalue weighted by Gasteiger charge is 2.13. The maximum atomic E-state index is 4.20. The SMILES string of the molecule is C[C@H](N[C@H](C)c1cccc2ccccc12)c1cccnc1. The van der Waals surface area contributed by atoms with Gasteiger partial charge in [-0.3, -0.25) is 4.98 Å². The predicted octanol–water partition coefficient (Wildman–Crippen LogP) is 4.65. The summed E-state index contributed by atoms with van der Waals surface area (Å²) >= 11 is 0. The maximum absolute atomic E-state index is 4.20. The van der Waals surface area contributed by atoms with Gasteiger partial charge in [0.25, 0.3) is 0 Å². The van der Waals surface area contributed by atoms with Crippen molar-refractivity contribution in [2.75, 3.05) is 0 Å². The average Bonchev–Trinajstić information content (AvgIpc) is 2.55. The second-order valence-corrected chi connectivity index (χ2v) is 5.46. The molecule has 1 N–H and O–H groups in total. The molecule has 0 radical (unpaired) electrons. The van der Waals surface area contributed by atoms with Crippen LogP contribution in [0.25, 0.3) is 10.8 Å². The van der Waals surface area contributed by atoms with Crippen molar-refractivity contribution in [1.29, 1.82) is 0 Å². The topological polar surface area (TPSA) is 24.9 Å². The summed E-state index contributed by atoms with van der Waals surface area (Å²) in [6.07, 6.45) is 3.73. The van der Waals surface area contributed by atoms with Crippen LogP contribution in [0.1, 0.15) is 37.1 Å². The fourth-order valence-corrected chi connectivity index (χ4v) is 2.82. The molecule has 0 saturated heterocycles. The molecule has 0 bridgehead atoms. The molecule has 21 heavy (non-hydrogen) atoms. The highest BCUT2D eigenvalue weighted by molar-refractivity contribution is 5.86. The van der Waals surface area contributed by atoms with E-state index in [4.69, 9.17) is 0 Å². The average molecular weight is 276 g/mol. The number of fused-ring (bicyclic) bond motifs is 1. The van der Waals surface area contributed by atoms with Crippen molar-refractivity contribution in [3.63, 3.8) is 0 Å². The van der Waals surface area contributed by atoms with Crippen molar-refractivity contribution in [3.05, 3.63) is 78.1 Å². The Balaban J connectivity index is 1.86. The fourth-order valence-electron chi connectivity index (χ4n) is 2.82. The lowest BCUT2D eigenvalue weighted by Gasteiger charge is -2.21. The Labute approximate surface area is 125 Å². The number of hydrogen-bond donors (Lipinski definition) is 1. The Morgan fingerprint density at radius 2 is 1.67 bits per heavy atom. The lowest BCUT2D eigenvalue weighted by Crippen LogP contribution is -2.22. The summed E-state index contributed by atoms with van der Waals surface area (Å²) in [5.74, 6) is 0. The number of rotatable bonds is 4. The van der Waals surface area contributed by atoms with Crippen LogP contribution in [-0.4, -0.2) is 4.98 Å². The minimum absolute atomic E-state index is 0.271. The van der Waals surface area contributed by atoms with Crippen LogP contribution in [0.4, 0.5) is 0 Å². The summed E-state index contributed by atoms with van der Waals surface area (Å²) in [6, 6.07) is 19.7. The molecule has 2 aromatic carbocycles. The number of aromatic nitrogens is 1. The molecule has 1 aromatic heterocycles. The normalized spacial score (nSPS) is 14.0. The second kappa shape index (κ2) is 6.06. The van der Waals surface area contributed by atoms with Crippen LogP contribution in [0, 0.1) is 0 Å². The van der Waals surface area contributed by atoms with E-state index in [2.05, 4.69) is 72.7 Å². The molecule has 0 saturated carbocycles. The van der Waals surface area contributed by atoms with Gasteiger partial charge in [0, 0.05) is 24.5 Å². The Morgan fingerprint density at radius 3 is 2.48 bits per heavy atom. The summed E-state index contributed by atoms with van der Waals surface area (Å²) in [4.78, 5) is 4.20. The van der Waals surface area contributed by atoms with Crippen molar-refractivity contribution >= 4 is 10.8 Å². The quantitative estimate of drug-likeness (QED) is 0.750. The second-order valence-electron chi connectivity index (χ2n) is 5.46.